The molecule has 0 atom stereocenters. The summed E-state index contributed by atoms with van der Waals surface area (Å²) in [6, 6.07) is 2.27. The molecule has 0 bridgehead atoms. The molecule has 1 aromatic carbocycles. The average Bonchev–Trinajstić information content (AvgIpc) is 2.18. The van der Waals surface area contributed by atoms with Crippen LogP contribution in [0, 0.1) is 15.9 Å². The summed E-state index contributed by atoms with van der Waals surface area (Å²) in [4.78, 5) is 10.1. The first-order chi connectivity index (χ1) is 6.70. The van der Waals surface area contributed by atoms with E-state index in [0.29, 0.717) is 6.54 Å². The number of rotatable bonds is 1. The maximum absolute atomic E-state index is 13.2. The van der Waals surface area contributed by atoms with Crippen LogP contribution in [0.2, 0.25) is 0 Å². The van der Waals surface area contributed by atoms with E-state index in [4.69, 9.17) is 0 Å². The number of anilines is 1. The lowest BCUT2D eigenvalue weighted by Gasteiger charge is -2.13. The van der Waals surface area contributed by atoms with Crippen LogP contribution in [0.3, 0.4) is 0 Å². The zero-order valence-electron chi connectivity index (χ0n) is 7.16. The van der Waals surface area contributed by atoms with Crippen molar-refractivity contribution in [3.05, 3.63) is 39.7 Å². The van der Waals surface area contributed by atoms with Crippen molar-refractivity contribution in [1.29, 1.82) is 0 Å². The van der Waals surface area contributed by atoms with Gasteiger partial charge in [0.15, 0.2) is 0 Å². The van der Waals surface area contributed by atoms with Gasteiger partial charge < -0.3 is 5.32 Å². The van der Waals surface area contributed by atoms with Gasteiger partial charge in [0, 0.05) is 18.2 Å². The van der Waals surface area contributed by atoms with E-state index in [1.807, 2.05) is 0 Å². The molecule has 2 rings (SSSR count). The standard InChI is InChI=1S/C9H7FN2O2/c10-7-3-4-8(12(13)14)9-6(7)2-1-5-11-9/h1-4,11H,5H2. The number of nitro groups is 1. The maximum atomic E-state index is 13.2. The Morgan fingerprint density at radius 2 is 2.29 bits per heavy atom. The van der Waals surface area contributed by atoms with Crippen LogP contribution in [-0.4, -0.2) is 11.5 Å². The first-order valence-corrected chi connectivity index (χ1v) is 4.07. The molecule has 0 saturated heterocycles. The summed E-state index contributed by atoms with van der Waals surface area (Å²) >= 11 is 0. The Bertz CT molecular complexity index is 429. The zero-order chi connectivity index (χ0) is 10.1. The summed E-state index contributed by atoms with van der Waals surface area (Å²) in [5.74, 6) is -0.450. The van der Waals surface area contributed by atoms with E-state index < -0.39 is 10.7 Å². The van der Waals surface area contributed by atoms with Gasteiger partial charge in [0.05, 0.1) is 4.92 Å². The molecule has 0 spiro atoms. The normalized spacial score (nSPS) is 13.2. The summed E-state index contributed by atoms with van der Waals surface area (Å²) in [5, 5.41) is 13.4. The predicted octanol–water partition coefficient (Wildman–Crippen LogP) is 2.17. The maximum Gasteiger partial charge on any atom is 0.293 e. The summed E-state index contributed by atoms with van der Waals surface area (Å²) in [6.07, 6.45) is 3.27. The second-order valence-electron chi connectivity index (χ2n) is 2.90. The van der Waals surface area contributed by atoms with Gasteiger partial charge in [0.1, 0.15) is 11.5 Å². The topological polar surface area (TPSA) is 55.2 Å². The van der Waals surface area contributed by atoms with Gasteiger partial charge in [-0.15, -0.1) is 0 Å². The van der Waals surface area contributed by atoms with E-state index >= 15 is 0 Å². The minimum absolute atomic E-state index is 0.0919. The molecule has 0 amide bonds. The second kappa shape index (κ2) is 3.10. The van der Waals surface area contributed by atoms with E-state index in [2.05, 4.69) is 5.32 Å². The fourth-order valence-corrected chi connectivity index (χ4v) is 1.42. The summed E-state index contributed by atoms with van der Waals surface area (Å²) in [6.45, 7) is 0.483. The Hall–Kier alpha value is -1.91. The Kier molecular flexibility index (Phi) is 1.92. The molecule has 1 aromatic rings. The van der Waals surface area contributed by atoms with Crippen molar-refractivity contribution in [2.45, 2.75) is 0 Å². The number of halogens is 1. The Morgan fingerprint density at radius 3 is 3.00 bits per heavy atom. The van der Waals surface area contributed by atoms with Gasteiger partial charge in [0.25, 0.3) is 5.69 Å². The average molecular weight is 194 g/mol. The smallest absolute Gasteiger partial charge is 0.293 e. The predicted molar refractivity (Wildman–Crippen MR) is 50.6 cm³/mol. The molecule has 14 heavy (non-hydrogen) atoms. The molecular formula is C9H7FN2O2. The highest BCUT2D eigenvalue weighted by atomic mass is 19.1. The number of nitrogens with zero attached hydrogens (tertiary/aromatic N) is 1. The largest absolute Gasteiger partial charge is 0.375 e. The third kappa shape index (κ3) is 1.22. The van der Waals surface area contributed by atoms with Crippen molar-refractivity contribution in [2.24, 2.45) is 0 Å². The number of hydrogen-bond donors (Lipinski definition) is 1. The van der Waals surface area contributed by atoms with E-state index in [-0.39, 0.29) is 16.9 Å². The van der Waals surface area contributed by atoms with Gasteiger partial charge in [-0.25, -0.2) is 4.39 Å². The number of nitrogens with one attached hydrogen (secondary N) is 1. The Morgan fingerprint density at radius 1 is 1.50 bits per heavy atom. The van der Waals surface area contributed by atoms with Gasteiger partial charge in [-0.2, -0.15) is 0 Å². The molecule has 0 fully saturated rings. The quantitative estimate of drug-likeness (QED) is 0.550. The minimum Gasteiger partial charge on any atom is -0.375 e. The first kappa shape index (κ1) is 8.68. The molecule has 1 aliphatic rings. The lowest BCUT2D eigenvalue weighted by Crippen LogP contribution is -2.08. The Balaban J connectivity index is 2.66. The molecule has 1 heterocycles. The van der Waals surface area contributed by atoms with E-state index in [9.17, 15) is 14.5 Å². The van der Waals surface area contributed by atoms with Gasteiger partial charge in [0.2, 0.25) is 0 Å². The van der Waals surface area contributed by atoms with Crippen molar-refractivity contribution in [3.8, 4) is 0 Å². The molecule has 4 nitrogen and oxygen atoms in total. The molecule has 1 aliphatic heterocycles. The lowest BCUT2D eigenvalue weighted by molar-refractivity contribution is -0.384. The third-order valence-electron chi connectivity index (χ3n) is 2.05. The van der Waals surface area contributed by atoms with E-state index in [0.717, 1.165) is 6.07 Å². The number of nitro benzene ring substituents is 1. The minimum atomic E-state index is -0.523. The number of hydrogen-bond acceptors (Lipinski definition) is 3. The first-order valence-electron chi connectivity index (χ1n) is 4.07. The SMILES string of the molecule is O=[N+]([O-])c1ccc(F)c2c1NCC=C2. The van der Waals surface area contributed by atoms with Crippen LogP contribution in [0.5, 0.6) is 0 Å². The molecule has 5 heteroatoms. The van der Waals surface area contributed by atoms with Crippen molar-refractivity contribution in [2.75, 3.05) is 11.9 Å². The fraction of sp³-hybridized carbons (Fsp3) is 0.111. The molecule has 0 saturated carbocycles. The van der Waals surface area contributed by atoms with Crippen LogP contribution in [0.4, 0.5) is 15.8 Å². The molecular weight excluding hydrogens is 187 g/mol. The molecule has 0 unspecified atom stereocenters. The summed E-state index contributed by atoms with van der Waals surface area (Å²) in [5.41, 5.74) is 0.425. The van der Waals surface area contributed by atoms with Crippen LogP contribution in [-0.2, 0) is 0 Å². The molecule has 1 N–H and O–H groups in total. The second-order valence-corrected chi connectivity index (χ2v) is 2.90. The monoisotopic (exact) mass is 194 g/mol. The number of benzene rings is 1. The molecule has 72 valence electrons. The summed E-state index contributed by atoms with van der Waals surface area (Å²) in [7, 11) is 0. The highest BCUT2D eigenvalue weighted by Crippen LogP contribution is 2.32. The summed E-state index contributed by atoms with van der Waals surface area (Å²) < 4.78 is 13.2. The van der Waals surface area contributed by atoms with Crippen LogP contribution in [0.25, 0.3) is 6.08 Å². The number of fused-ring (bicyclic) bond motifs is 1. The molecule has 0 aliphatic carbocycles. The van der Waals surface area contributed by atoms with Gasteiger partial charge in [-0.1, -0.05) is 12.2 Å². The zero-order valence-corrected chi connectivity index (χ0v) is 7.16. The highest BCUT2D eigenvalue weighted by molar-refractivity contribution is 5.78. The van der Waals surface area contributed by atoms with Crippen LogP contribution in [0.15, 0.2) is 18.2 Å². The van der Waals surface area contributed by atoms with Crippen LogP contribution < -0.4 is 5.32 Å². The van der Waals surface area contributed by atoms with Gasteiger partial charge in [-0.05, 0) is 6.07 Å². The van der Waals surface area contributed by atoms with E-state index in [1.165, 1.54) is 6.07 Å². The lowest BCUT2D eigenvalue weighted by atomic mass is 10.1. The van der Waals surface area contributed by atoms with Crippen molar-refractivity contribution >= 4 is 17.5 Å². The Labute approximate surface area is 79.2 Å². The molecule has 0 radical (unpaired) electrons. The van der Waals surface area contributed by atoms with Crippen molar-refractivity contribution in [1.82, 2.24) is 0 Å². The fourth-order valence-electron chi connectivity index (χ4n) is 1.42. The van der Waals surface area contributed by atoms with Crippen LogP contribution in [0.1, 0.15) is 5.56 Å². The highest BCUT2D eigenvalue weighted by Gasteiger charge is 2.20. The van der Waals surface area contributed by atoms with E-state index in [1.54, 1.807) is 12.2 Å². The third-order valence-corrected chi connectivity index (χ3v) is 2.05. The van der Waals surface area contributed by atoms with Crippen molar-refractivity contribution in [3.63, 3.8) is 0 Å². The molecule has 0 aromatic heterocycles. The van der Waals surface area contributed by atoms with Gasteiger partial charge in [-0.3, -0.25) is 10.1 Å². The van der Waals surface area contributed by atoms with Crippen LogP contribution >= 0.6 is 0 Å². The van der Waals surface area contributed by atoms with Crippen molar-refractivity contribution < 1.29 is 9.31 Å². The van der Waals surface area contributed by atoms with Gasteiger partial charge >= 0.3 is 0 Å².